The summed E-state index contributed by atoms with van der Waals surface area (Å²) in [6.45, 7) is 6.70. The van der Waals surface area contributed by atoms with Gasteiger partial charge in [0.2, 0.25) is 5.89 Å². The summed E-state index contributed by atoms with van der Waals surface area (Å²) < 4.78 is 10.8. The fourth-order valence-corrected chi connectivity index (χ4v) is 3.35. The first-order valence-electron chi connectivity index (χ1n) is 9.50. The van der Waals surface area contributed by atoms with Crippen molar-refractivity contribution in [3.8, 4) is 0 Å². The average molecular weight is 535 g/mol. The SMILES string of the molecule is CCOC(C)c1noc(CNC(=NC)NC2CCN(c3cccc(Cl)c3)C2)n1.I. The van der Waals surface area contributed by atoms with Crippen molar-refractivity contribution in [3.63, 3.8) is 0 Å². The van der Waals surface area contributed by atoms with Gasteiger partial charge in [-0.1, -0.05) is 22.8 Å². The third-order valence-electron chi connectivity index (χ3n) is 4.60. The van der Waals surface area contributed by atoms with Gasteiger partial charge in [-0.3, -0.25) is 4.99 Å². The van der Waals surface area contributed by atoms with Crippen molar-refractivity contribution in [2.75, 3.05) is 31.6 Å². The van der Waals surface area contributed by atoms with E-state index >= 15 is 0 Å². The molecule has 2 atom stereocenters. The lowest BCUT2D eigenvalue weighted by Crippen LogP contribution is -2.44. The van der Waals surface area contributed by atoms with E-state index in [1.807, 2.05) is 32.0 Å². The summed E-state index contributed by atoms with van der Waals surface area (Å²) in [5, 5.41) is 11.4. The molecule has 0 saturated carbocycles. The number of nitrogens with one attached hydrogen (secondary N) is 2. The molecule has 2 aromatic rings. The number of benzene rings is 1. The zero-order valence-corrected chi connectivity index (χ0v) is 20.0. The Morgan fingerprint density at radius 1 is 1.48 bits per heavy atom. The molecule has 0 spiro atoms. The van der Waals surface area contributed by atoms with Crippen LogP contribution < -0.4 is 15.5 Å². The fourth-order valence-electron chi connectivity index (χ4n) is 3.16. The highest BCUT2D eigenvalue weighted by Crippen LogP contribution is 2.23. The van der Waals surface area contributed by atoms with E-state index in [0.717, 1.165) is 30.2 Å². The maximum absolute atomic E-state index is 6.11. The lowest BCUT2D eigenvalue weighted by atomic mass is 10.3. The number of nitrogens with zero attached hydrogens (tertiary/aromatic N) is 4. The van der Waals surface area contributed by atoms with Crippen molar-refractivity contribution < 1.29 is 9.26 Å². The number of hydrogen-bond donors (Lipinski definition) is 2. The summed E-state index contributed by atoms with van der Waals surface area (Å²) >= 11 is 6.11. The number of anilines is 1. The Hall–Kier alpha value is -1.59. The molecular weight excluding hydrogens is 507 g/mol. The normalized spacial score (nSPS) is 17.7. The average Bonchev–Trinajstić information content (AvgIpc) is 3.35. The zero-order chi connectivity index (χ0) is 19.9. The van der Waals surface area contributed by atoms with Crippen LogP contribution in [0.3, 0.4) is 0 Å². The second kappa shape index (κ2) is 11.6. The molecule has 2 heterocycles. The number of rotatable bonds is 7. The molecule has 0 aliphatic carbocycles. The van der Waals surface area contributed by atoms with E-state index in [-0.39, 0.29) is 30.1 Å². The second-order valence-corrected chi connectivity index (χ2v) is 7.06. The van der Waals surface area contributed by atoms with Crippen LogP contribution in [-0.4, -0.2) is 48.9 Å². The van der Waals surface area contributed by atoms with Crippen LogP contribution in [0.4, 0.5) is 5.69 Å². The minimum absolute atomic E-state index is 0. The van der Waals surface area contributed by atoms with Gasteiger partial charge in [-0.05, 0) is 38.5 Å². The van der Waals surface area contributed by atoms with Crippen LogP contribution in [-0.2, 0) is 11.3 Å². The lowest BCUT2D eigenvalue weighted by molar-refractivity contribution is 0.0683. The van der Waals surface area contributed by atoms with Gasteiger partial charge in [-0.25, -0.2) is 0 Å². The Morgan fingerprint density at radius 2 is 2.31 bits per heavy atom. The van der Waals surface area contributed by atoms with Crippen molar-refractivity contribution in [2.45, 2.75) is 39.0 Å². The largest absolute Gasteiger partial charge is 0.371 e. The van der Waals surface area contributed by atoms with E-state index in [4.69, 9.17) is 20.9 Å². The summed E-state index contributed by atoms with van der Waals surface area (Å²) in [4.78, 5) is 11.0. The van der Waals surface area contributed by atoms with Crippen molar-refractivity contribution >= 4 is 47.2 Å². The Labute approximate surface area is 193 Å². The first-order valence-corrected chi connectivity index (χ1v) is 9.88. The summed E-state index contributed by atoms with van der Waals surface area (Å²) in [7, 11) is 1.75. The number of aliphatic imine (C=N–C) groups is 1. The molecule has 1 aliphatic rings. The predicted octanol–water partition coefficient (Wildman–Crippen LogP) is 3.38. The third-order valence-corrected chi connectivity index (χ3v) is 4.83. The van der Waals surface area contributed by atoms with Gasteiger partial charge in [0.25, 0.3) is 0 Å². The summed E-state index contributed by atoms with van der Waals surface area (Å²) in [5.74, 6) is 1.75. The maximum Gasteiger partial charge on any atom is 0.246 e. The predicted molar refractivity (Wildman–Crippen MR) is 125 cm³/mol. The molecular formula is C19H28ClIN6O2. The van der Waals surface area contributed by atoms with E-state index in [0.29, 0.717) is 36.9 Å². The lowest BCUT2D eigenvalue weighted by Gasteiger charge is -2.20. The molecule has 0 radical (unpaired) electrons. The van der Waals surface area contributed by atoms with Gasteiger partial charge in [0.1, 0.15) is 6.10 Å². The van der Waals surface area contributed by atoms with Gasteiger partial charge >= 0.3 is 0 Å². The molecule has 1 fully saturated rings. The fraction of sp³-hybridized carbons (Fsp3) is 0.526. The van der Waals surface area contributed by atoms with E-state index < -0.39 is 0 Å². The molecule has 0 bridgehead atoms. The number of hydrogen-bond acceptors (Lipinski definition) is 6. The number of ether oxygens (including phenoxy) is 1. The van der Waals surface area contributed by atoms with Crippen molar-refractivity contribution in [1.82, 2.24) is 20.8 Å². The van der Waals surface area contributed by atoms with Gasteiger partial charge < -0.3 is 24.8 Å². The Morgan fingerprint density at radius 3 is 3.03 bits per heavy atom. The van der Waals surface area contributed by atoms with Gasteiger partial charge in [0.05, 0.1) is 6.54 Å². The number of guanidine groups is 1. The molecule has 8 nitrogen and oxygen atoms in total. The van der Waals surface area contributed by atoms with Crippen molar-refractivity contribution in [1.29, 1.82) is 0 Å². The van der Waals surface area contributed by atoms with Crippen LogP contribution in [0.2, 0.25) is 5.02 Å². The monoisotopic (exact) mass is 534 g/mol. The third kappa shape index (κ3) is 6.71. The Kier molecular flexibility index (Phi) is 9.44. The molecule has 2 unspecified atom stereocenters. The van der Waals surface area contributed by atoms with Gasteiger partial charge in [-0.2, -0.15) is 4.98 Å². The summed E-state index contributed by atoms with van der Waals surface area (Å²) in [5.41, 5.74) is 1.14. The second-order valence-electron chi connectivity index (χ2n) is 6.63. The summed E-state index contributed by atoms with van der Waals surface area (Å²) in [6.07, 6.45) is 0.833. The summed E-state index contributed by atoms with van der Waals surface area (Å²) in [6, 6.07) is 8.23. The quantitative estimate of drug-likeness (QED) is 0.320. The van der Waals surface area contributed by atoms with Gasteiger partial charge in [0, 0.05) is 43.5 Å². The molecule has 0 amide bonds. The van der Waals surface area contributed by atoms with Crippen LogP contribution in [0.15, 0.2) is 33.8 Å². The Bertz CT molecular complexity index is 803. The van der Waals surface area contributed by atoms with Crippen LogP contribution in [0.1, 0.15) is 38.1 Å². The smallest absolute Gasteiger partial charge is 0.246 e. The molecule has 1 aliphatic heterocycles. The minimum atomic E-state index is -0.184. The molecule has 2 N–H and O–H groups in total. The highest BCUT2D eigenvalue weighted by molar-refractivity contribution is 14.0. The standard InChI is InChI=1S/C19H27ClN6O2.HI/c1-4-27-13(2)18-24-17(28-25-18)11-22-19(21-3)23-15-8-9-26(12-15)16-7-5-6-14(20)10-16;/h5-7,10,13,15H,4,8-9,11-12H2,1-3H3,(H2,21,22,23);1H. The van der Waals surface area contributed by atoms with E-state index in [9.17, 15) is 0 Å². The van der Waals surface area contributed by atoms with Crippen molar-refractivity contribution in [2.24, 2.45) is 4.99 Å². The van der Waals surface area contributed by atoms with Gasteiger partial charge in [-0.15, -0.1) is 24.0 Å². The first-order chi connectivity index (χ1) is 13.6. The highest BCUT2D eigenvalue weighted by atomic mass is 127. The number of halogens is 2. The van der Waals surface area contributed by atoms with Crippen molar-refractivity contribution in [3.05, 3.63) is 41.0 Å². The minimum Gasteiger partial charge on any atom is -0.371 e. The molecule has 1 aromatic carbocycles. The number of aromatic nitrogens is 2. The first kappa shape index (κ1) is 23.7. The van der Waals surface area contributed by atoms with Crippen LogP contribution >= 0.6 is 35.6 Å². The van der Waals surface area contributed by atoms with E-state index in [1.165, 1.54) is 0 Å². The molecule has 10 heteroatoms. The topological polar surface area (TPSA) is 87.8 Å². The van der Waals surface area contributed by atoms with Crippen LogP contribution in [0, 0.1) is 0 Å². The van der Waals surface area contributed by atoms with E-state index in [2.05, 4.69) is 36.7 Å². The van der Waals surface area contributed by atoms with Crippen LogP contribution in [0.25, 0.3) is 0 Å². The Balaban J connectivity index is 0.00000300. The van der Waals surface area contributed by atoms with Gasteiger partial charge in [0.15, 0.2) is 11.8 Å². The molecule has 1 saturated heterocycles. The van der Waals surface area contributed by atoms with E-state index in [1.54, 1.807) is 7.05 Å². The van der Waals surface area contributed by atoms with Crippen LogP contribution in [0.5, 0.6) is 0 Å². The molecule has 160 valence electrons. The molecule has 29 heavy (non-hydrogen) atoms. The maximum atomic E-state index is 6.11. The highest BCUT2D eigenvalue weighted by Gasteiger charge is 2.23. The molecule has 1 aromatic heterocycles. The zero-order valence-electron chi connectivity index (χ0n) is 16.9. The molecule has 3 rings (SSSR count).